The van der Waals surface area contributed by atoms with Gasteiger partial charge in [0.05, 0.1) is 5.75 Å². The van der Waals surface area contributed by atoms with Gasteiger partial charge in [-0.1, -0.05) is 104 Å². The largest absolute Gasteiger partial charge is 0.480 e. The summed E-state index contributed by atoms with van der Waals surface area (Å²) >= 11 is 0. The highest BCUT2D eigenvalue weighted by Gasteiger charge is 2.34. The first-order valence-electron chi connectivity index (χ1n) is 10.8. The van der Waals surface area contributed by atoms with Crippen molar-refractivity contribution in [1.82, 2.24) is 0 Å². The molecule has 0 aliphatic heterocycles. The van der Waals surface area contributed by atoms with Crippen molar-refractivity contribution in [2.24, 2.45) is 5.92 Å². The molecule has 0 fully saturated rings. The molecule has 0 aromatic carbocycles. The molecule has 0 bridgehead atoms. The van der Waals surface area contributed by atoms with Crippen LogP contribution in [0.4, 0.5) is 0 Å². The molecule has 1 unspecified atom stereocenters. The fraction of sp³-hybridized carbons (Fsp3) is 0.952. The normalized spacial score (nSPS) is 13.2. The lowest BCUT2D eigenvalue weighted by molar-refractivity contribution is -0.137. The van der Waals surface area contributed by atoms with Crippen molar-refractivity contribution in [3.05, 3.63) is 0 Å². The summed E-state index contributed by atoms with van der Waals surface area (Å²) in [6.45, 7) is 5.56. The molecule has 0 amide bonds. The number of hydrogen-bond donors (Lipinski definition) is 1. The van der Waals surface area contributed by atoms with Crippen molar-refractivity contribution in [2.45, 2.75) is 116 Å². The molecule has 5 heteroatoms. The Balaban J connectivity index is 3.57. The molecule has 0 spiro atoms. The van der Waals surface area contributed by atoms with E-state index in [9.17, 15) is 13.2 Å². The molecule has 0 aromatic rings. The summed E-state index contributed by atoms with van der Waals surface area (Å²) in [7, 11) is -3.54. The van der Waals surface area contributed by atoms with Crippen LogP contribution in [-0.4, -0.2) is 30.5 Å². The Bertz CT molecular complexity index is 443. The van der Waals surface area contributed by atoms with Crippen molar-refractivity contribution in [3.63, 3.8) is 0 Å². The number of unbranched alkanes of at least 4 members (excludes halogenated alkanes) is 13. The molecule has 1 atom stereocenters. The summed E-state index contributed by atoms with van der Waals surface area (Å²) in [4.78, 5) is 11.2. The summed E-state index contributed by atoms with van der Waals surface area (Å²) in [5.41, 5.74) is 0. The van der Waals surface area contributed by atoms with E-state index < -0.39 is 21.1 Å². The predicted octanol–water partition coefficient (Wildman–Crippen LogP) is 5.99. The lowest BCUT2D eigenvalue weighted by Gasteiger charge is -2.16. The maximum absolute atomic E-state index is 12.2. The number of aliphatic carboxylic acids is 1. The minimum absolute atomic E-state index is 0.000177. The Morgan fingerprint density at radius 1 is 0.731 bits per heavy atom. The quantitative estimate of drug-likeness (QED) is 0.292. The van der Waals surface area contributed by atoms with E-state index in [-0.39, 0.29) is 11.7 Å². The second kappa shape index (κ2) is 15.5. The maximum Gasteiger partial charge on any atom is 0.322 e. The van der Waals surface area contributed by atoms with Crippen molar-refractivity contribution in [1.29, 1.82) is 0 Å². The van der Waals surface area contributed by atoms with Crippen LogP contribution < -0.4 is 0 Å². The maximum atomic E-state index is 12.2. The number of carboxylic acid groups (broad SMARTS) is 1. The summed E-state index contributed by atoms with van der Waals surface area (Å²) in [5, 5.41) is 7.86. The molecular weight excluding hydrogens is 348 g/mol. The van der Waals surface area contributed by atoms with Gasteiger partial charge in [0.15, 0.2) is 15.1 Å². The van der Waals surface area contributed by atoms with E-state index in [2.05, 4.69) is 6.92 Å². The van der Waals surface area contributed by atoms with Gasteiger partial charge in [-0.15, -0.1) is 0 Å². The standard InChI is InChI=1S/C21H42O4S/c1-4-5-6-7-8-9-10-11-12-13-14-15-16-17-18-26(24,25)20(19(2)3)21(22)23/h19-20H,4-18H2,1-3H3,(H,22,23). The number of hydrogen-bond acceptors (Lipinski definition) is 3. The highest BCUT2D eigenvalue weighted by atomic mass is 32.2. The second-order valence-corrected chi connectivity index (χ2v) is 10.2. The number of carbonyl (C=O) groups is 1. The SMILES string of the molecule is CCCCCCCCCCCCCCCCS(=O)(=O)C(C(=O)O)C(C)C. The minimum atomic E-state index is -3.54. The lowest BCUT2D eigenvalue weighted by Crippen LogP contribution is -2.36. The molecule has 1 N–H and O–H groups in total. The molecule has 0 saturated heterocycles. The van der Waals surface area contributed by atoms with Crippen LogP contribution >= 0.6 is 0 Å². The molecule has 0 aliphatic rings. The molecule has 4 nitrogen and oxygen atoms in total. The molecule has 0 rings (SSSR count). The van der Waals surface area contributed by atoms with Gasteiger partial charge >= 0.3 is 5.97 Å². The van der Waals surface area contributed by atoms with Gasteiger partial charge in [-0.3, -0.25) is 4.79 Å². The van der Waals surface area contributed by atoms with Crippen LogP contribution in [0.15, 0.2) is 0 Å². The van der Waals surface area contributed by atoms with Gasteiger partial charge in [-0.2, -0.15) is 0 Å². The Hall–Kier alpha value is -0.580. The van der Waals surface area contributed by atoms with Gasteiger partial charge < -0.3 is 5.11 Å². The van der Waals surface area contributed by atoms with Crippen LogP contribution in [-0.2, 0) is 14.6 Å². The number of rotatable bonds is 18. The number of sulfone groups is 1. The third kappa shape index (κ3) is 12.7. The van der Waals surface area contributed by atoms with E-state index in [0.717, 1.165) is 19.3 Å². The van der Waals surface area contributed by atoms with Gasteiger partial charge in [0, 0.05) is 0 Å². The first kappa shape index (κ1) is 25.4. The minimum Gasteiger partial charge on any atom is -0.480 e. The van der Waals surface area contributed by atoms with Gasteiger partial charge in [0.1, 0.15) is 0 Å². The van der Waals surface area contributed by atoms with Crippen LogP contribution in [0.2, 0.25) is 0 Å². The summed E-state index contributed by atoms with van der Waals surface area (Å²) in [6.07, 6.45) is 17.0. The van der Waals surface area contributed by atoms with Crippen LogP contribution in [0.5, 0.6) is 0 Å². The molecule has 0 aromatic heterocycles. The fourth-order valence-electron chi connectivity index (χ4n) is 3.48. The monoisotopic (exact) mass is 390 g/mol. The highest BCUT2D eigenvalue weighted by molar-refractivity contribution is 7.92. The molecule has 26 heavy (non-hydrogen) atoms. The average molecular weight is 391 g/mol. The molecule has 0 radical (unpaired) electrons. The van der Waals surface area contributed by atoms with Crippen LogP contribution in [0.1, 0.15) is 111 Å². The van der Waals surface area contributed by atoms with Crippen molar-refractivity contribution in [3.8, 4) is 0 Å². The molecular formula is C21H42O4S. The third-order valence-electron chi connectivity index (χ3n) is 5.02. The van der Waals surface area contributed by atoms with Gasteiger partial charge in [0.2, 0.25) is 0 Å². The van der Waals surface area contributed by atoms with Gasteiger partial charge in [-0.25, -0.2) is 8.42 Å². The Morgan fingerprint density at radius 3 is 1.38 bits per heavy atom. The predicted molar refractivity (Wildman–Crippen MR) is 110 cm³/mol. The van der Waals surface area contributed by atoms with E-state index in [0.29, 0.717) is 6.42 Å². The zero-order valence-electron chi connectivity index (χ0n) is 17.3. The lowest BCUT2D eigenvalue weighted by atomic mass is 10.0. The molecule has 0 aliphatic carbocycles. The van der Waals surface area contributed by atoms with Crippen LogP contribution in [0, 0.1) is 5.92 Å². The van der Waals surface area contributed by atoms with Gasteiger partial charge in [-0.05, 0) is 12.3 Å². The first-order chi connectivity index (χ1) is 12.3. The molecule has 0 heterocycles. The molecule has 156 valence electrons. The zero-order valence-corrected chi connectivity index (χ0v) is 18.2. The highest BCUT2D eigenvalue weighted by Crippen LogP contribution is 2.17. The Kier molecular flexibility index (Phi) is 15.1. The fourth-order valence-corrected chi connectivity index (χ4v) is 5.48. The smallest absolute Gasteiger partial charge is 0.322 e. The van der Waals surface area contributed by atoms with Crippen LogP contribution in [0.25, 0.3) is 0 Å². The summed E-state index contributed by atoms with van der Waals surface area (Å²) < 4.78 is 24.3. The van der Waals surface area contributed by atoms with Gasteiger partial charge in [0.25, 0.3) is 0 Å². The van der Waals surface area contributed by atoms with Crippen molar-refractivity contribution in [2.75, 3.05) is 5.75 Å². The number of carboxylic acids is 1. The van der Waals surface area contributed by atoms with Crippen molar-refractivity contribution < 1.29 is 18.3 Å². The topological polar surface area (TPSA) is 71.4 Å². The second-order valence-electron chi connectivity index (χ2n) is 7.97. The van der Waals surface area contributed by atoms with Crippen LogP contribution in [0.3, 0.4) is 0 Å². The van der Waals surface area contributed by atoms with E-state index in [1.807, 2.05) is 0 Å². The first-order valence-corrected chi connectivity index (χ1v) is 12.5. The Labute approximate surface area is 162 Å². The average Bonchev–Trinajstić information content (AvgIpc) is 2.54. The van der Waals surface area contributed by atoms with E-state index >= 15 is 0 Å². The Morgan fingerprint density at radius 2 is 1.08 bits per heavy atom. The third-order valence-corrected chi connectivity index (χ3v) is 7.40. The van der Waals surface area contributed by atoms with E-state index in [1.54, 1.807) is 13.8 Å². The van der Waals surface area contributed by atoms with E-state index in [4.69, 9.17) is 5.11 Å². The van der Waals surface area contributed by atoms with E-state index in [1.165, 1.54) is 64.2 Å². The summed E-state index contributed by atoms with van der Waals surface area (Å²) in [6, 6.07) is 0. The summed E-state index contributed by atoms with van der Waals surface area (Å²) in [5.74, 6) is -1.60. The van der Waals surface area contributed by atoms with Crippen molar-refractivity contribution >= 4 is 15.8 Å². The molecule has 0 saturated carbocycles. The zero-order chi connectivity index (χ0) is 19.8.